The number of hydrogen-bond donors (Lipinski definition) is 1. The molecule has 0 radical (unpaired) electrons. The van der Waals surface area contributed by atoms with E-state index < -0.39 is 26.9 Å². The van der Waals surface area contributed by atoms with Crippen molar-refractivity contribution in [3.05, 3.63) is 63.2 Å². The van der Waals surface area contributed by atoms with Crippen LogP contribution in [0, 0.1) is 10.1 Å². The number of hydrogen-bond acceptors (Lipinski definition) is 6. The molecule has 1 amide bonds. The summed E-state index contributed by atoms with van der Waals surface area (Å²) < 4.78 is 32.0. The Morgan fingerprint density at radius 1 is 1.11 bits per heavy atom. The predicted octanol–water partition coefficient (Wildman–Crippen LogP) is 4.29. The summed E-state index contributed by atoms with van der Waals surface area (Å²) in [6.45, 7) is 3.66. The van der Waals surface area contributed by atoms with Gasteiger partial charge in [-0.3, -0.25) is 19.2 Å². The standard InChI is InChI=1S/C25H33N3O6S/c1-5-21(19-12-11-17-9-7-8-10-18(17)15-19)26-25(29)22(6-2)27(35(4,32)33)23-16-20(28(30)31)13-14-24(23)34-3/h11-16,21-22H,5-10H2,1-4H3,(H,26,29)/t21-,22-/m0/s1. The number of nitrogens with one attached hydrogen (secondary N) is 1. The summed E-state index contributed by atoms with van der Waals surface area (Å²) in [5.74, 6) is -0.356. The van der Waals surface area contributed by atoms with Gasteiger partial charge >= 0.3 is 0 Å². The summed E-state index contributed by atoms with van der Waals surface area (Å²) in [5, 5.41) is 14.4. The van der Waals surface area contributed by atoms with Crippen LogP contribution in [-0.4, -0.2) is 38.7 Å². The van der Waals surface area contributed by atoms with Gasteiger partial charge in [0.15, 0.2) is 0 Å². The zero-order valence-corrected chi connectivity index (χ0v) is 21.4. The number of nitro groups is 1. The van der Waals surface area contributed by atoms with Crippen molar-refractivity contribution in [3.8, 4) is 5.75 Å². The van der Waals surface area contributed by atoms with Crippen molar-refractivity contribution < 1.29 is 22.9 Å². The molecule has 1 N–H and O–H groups in total. The molecule has 0 bridgehead atoms. The Hall–Kier alpha value is -3.14. The van der Waals surface area contributed by atoms with Gasteiger partial charge in [-0.15, -0.1) is 0 Å². The fraction of sp³-hybridized carbons (Fsp3) is 0.480. The van der Waals surface area contributed by atoms with E-state index in [-0.39, 0.29) is 29.6 Å². The number of carbonyl (C=O) groups is 1. The molecule has 9 nitrogen and oxygen atoms in total. The van der Waals surface area contributed by atoms with Crippen molar-refractivity contribution >= 4 is 27.3 Å². The van der Waals surface area contributed by atoms with Gasteiger partial charge in [-0.05, 0) is 61.3 Å². The monoisotopic (exact) mass is 503 g/mol. The summed E-state index contributed by atoms with van der Waals surface area (Å²) in [5.41, 5.74) is 3.27. The molecule has 1 aliphatic rings. The van der Waals surface area contributed by atoms with Gasteiger partial charge in [0.05, 0.1) is 24.3 Å². The molecule has 0 aliphatic heterocycles. The molecule has 0 saturated heterocycles. The first-order chi connectivity index (χ1) is 16.6. The molecule has 2 aromatic carbocycles. The number of nitrogens with zero attached hydrogens (tertiary/aromatic N) is 2. The Kier molecular flexibility index (Phi) is 8.37. The topological polar surface area (TPSA) is 119 Å². The van der Waals surface area contributed by atoms with E-state index in [0.29, 0.717) is 6.42 Å². The number of sulfonamides is 1. The molecule has 2 atom stereocenters. The molecule has 2 aromatic rings. The van der Waals surface area contributed by atoms with Gasteiger partial charge in [-0.2, -0.15) is 0 Å². The minimum Gasteiger partial charge on any atom is -0.495 e. The molecular formula is C25H33N3O6S. The van der Waals surface area contributed by atoms with Gasteiger partial charge in [0, 0.05) is 12.1 Å². The number of rotatable bonds is 10. The highest BCUT2D eigenvalue weighted by Crippen LogP contribution is 2.36. The van der Waals surface area contributed by atoms with Gasteiger partial charge in [-0.25, -0.2) is 8.42 Å². The smallest absolute Gasteiger partial charge is 0.271 e. The minimum atomic E-state index is -4.00. The van der Waals surface area contributed by atoms with Crippen molar-refractivity contribution in [3.63, 3.8) is 0 Å². The highest BCUT2D eigenvalue weighted by molar-refractivity contribution is 7.92. The van der Waals surface area contributed by atoms with Gasteiger partial charge < -0.3 is 10.1 Å². The summed E-state index contributed by atoms with van der Waals surface area (Å²) >= 11 is 0. The first kappa shape index (κ1) is 26.5. The van der Waals surface area contributed by atoms with Crippen molar-refractivity contribution in [2.45, 2.75) is 64.5 Å². The quantitative estimate of drug-likeness (QED) is 0.382. The maximum absolute atomic E-state index is 13.5. The Labute approximate surface area is 206 Å². The van der Waals surface area contributed by atoms with E-state index in [0.717, 1.165) is 41.5 Å². The van der Waals surface area contributed by atoms with Crippen LogP contribution in [0.1, 0.15) is 62.3 Å². The van der Waals surface area contributed by atoms with Gasteiger partial charge in [0.1, 0.15) is 17.5 Å². The van der Waals surface area contributed by atoms with Crippen LogP contribution < -0.4 is 14.4 Å². The number of aryl methyl sites for hydroxylation is 2. The molecule has 0 spiro atoms. The molecule has 0 saturated carbocycles. The largest absolute Gasteiger partial charge is 0.495 e. The van der Waals surface area contributed by atoms with Crippen LogP contribution in [0.25, 0.3) is 0 Å². The Balaban J connectivity index is 1.97. The van der Waals surface area contributed by atoms with E-state index in [9.17, 15) is 23.3 Å². The number of benzene rings is 2. The summed E-state index contributed by atoms with van der Waals surface area (Å²) in [6, 6.07) is 8.55. The van der Waals surface area contributed by atoms with Crippen LogP contribution in [0.15, 0.2) is 36.4 Å². The van der Waals surface area contributed by atoms with Crippen LogP contribution in [0.3, 0.4) is 0 Å². The van der Waals surface area contributed by atoms with E-state index >= 15 is 0 Å². The van der Waals surface area contributed by atoms with E-state index in [2.05, 4.69) is 17.4 Å². The average molecular weight is 504 g/mol. The SMILES string of the molecule is CC[C@H](NC(=O)[C@H](CC)N(c1cc([N+](=O)[O-])ccc1OC)S(C)(=O)=O)c1ccc2c(c1)CCCC2. The molecule has 1 aliphatic carbocycles. The number of methoxy groups -OCH3 is 1. The first-order valence-electron chi connectivity index (χ1n) is 11.8. The van der Waals surface area contributed by atoms with Crippen molar-refractivity contribution in [1.29, 1.82) is 0 Å². The van der Waals surface area contributed by atoms with E-state index in [4.69, 9.17) is 4.74 Å². The lowest BCUT2D eigenvalue weighted by molar-refractivity contribution is -0.384. The fourth-order valence-electron chi connectivity index (χ4n) is 4.66. The molecule has 0 unspecified atom stereocenters. The maximum atomic E-state index is 13.5. The maximum Gasteiger partial charge on any atom is 0.271 e. The van der Waals surface area contributed by atoms with Crippen LogP contribution in [-0.2, 0) is 27.7 Å². The third kappa shape index (κ3) is 5.93. The third-order valence-electron chi connectivity index (χ3n) is 6.44. The Bertz CT molecular complexity index is 1200. The second-order valence-corrected chi connectivity index (χ2v) is 10.7. The number of fused-ring (bicyclic) bond motifs is 1. The van der Waals surface area contributed by atoms with Crippen LogP contribution in [0.4, 0.5) is 11.4 Å². The van der Waals surface area contributed by atoms with E-state index in [1.165, 1.54) is 36.8 Å². The summed E-state index contributed by atoms with van der Waals surface area (Å²) in [6.07, 6.45) is 6.16. The van der Waals surface area contributed by atoms with E-state index in [1.807, 2.05) is 13.0 Å². The van der Waals surface area contributed by atoms with Crippen LogP contribution >= 0.6 is 0 Å². The number of amides is 1. The van der Waals surface area contributed by atoms with Crippen LogP contribution in [0.2, 0.25) is 0 Å². The number of carbonyl (C=O) groups excluding carboxylic acids is 1. The van der Waals surface area contributed by atoms with Crippen LogP contribution in [0.5, 0.6) is 5.75 Å². The third-order valence-corrected chi connectivity index (χ3v) is 7.61. The highest BCUT2D eigenvalue weighted by Gasteiger charge is 2.35. The van der Waals surface area contributed by atoms with Gasteiger partial charge in [0.25, 0.3) is 5.69 Å². The zero-order chi connectivity index (χ0) is 25.8. The normalized spacial score (nSPS) is 15.0. The lowest BCUT2D eigenvalue weighted by Crippen LogP contribution is -2.50. The molecule has 3 rings (SSSR count). The summed E-state index contributed by atoms with van der Waals surface area (Å²) in [4.78, 5) is 24.2. The lowest BCUT2D eigenvalue weighted by Gasteiger charge is -2.32. The molecule has 0 aromatic heterocycles. The molecule has 0 heterocycles. The van der Waals surface area contributed by atoms with Crippen molar-refractivity contribution in [2.75, 3.05) is 17.7 Å². The zero-order valence-electron chi connectivity index (χ0n) is 20.6. The molecule has 190 valence electrons. The number of nitro benzene ring substituents is 1. The lowest BCUT2D eigenvalue weighted by atomic mass is 9.88. The minimum absolute atomic E-state index is 0.0481. The molecule has 0 fully saturated rings. The Morgan fingerprint density at radius 2 is 1.80 bits per heavy atom. The second-order valence-electron chi connectivity index (χ2n) is 8.80. The first-order valence-corrected chi connectivity index (χ1v) is 13.7. The predicted molar refractivity (Wildman–Crippen MR) is 135 cm³/mol. The summed E-state index contributed by atoms with van der Waals surface area (Å²) in [7, 11) is -2.66. The van der Waals surface area contributed by atoms with Gasteiger partial charge in [-0.1, -0.05) is 32.0 Å². The number of anilines is 1. The molecule has 10 heteroatoms. The van der Waals surface area contributed by atoms with Gasteiger partial charge in [0.2, 0.25) is 15.9 Å². The van der Waals surface area contributed by atoms with Crippen molar-refractivity contribution in [2.24, 2.45) is 0 Å². The fourth-order valence-corrected chi connectivity index (χ4v) is 5.87. The molecular weight excluding hydrogens is 470 g/mol. The second kappa shape index (κ2) is 11.1. The number of ether oxygens (including phenoxy) is 1. The number of non-ortho nitro benzene ring substituents is 1. The van der Waals surface area contributed by atoms with Crippen molar-refractivity contribution in [1.82, 2.24) is 5.32 Å². The molecule has 35 heavy (non-hydrogen) atoms. The Morgan fingerprint density at radius 3 is 2.37 bits per heavy atom. The highest BCUT2D eigenvalue weighted by atomic mass is 32.2. The average Bonchev–Trinajstić information content (AvgIpc) is 2.84. The van der Waals surface area contributed by atoms with E-state index in [1.54, 1.807) is 6.92 Å².